The number of ketones is 1. The van der Waals surface area contributed by atoms with Crippen LogP contribution in [0.15, 0.2) is 48.5 Å². The van der Waals surface area contributed by atoms with Crippen molar-refractivity contribution in [2.24, 2.45) is 0 Å². The molecule has 0 spiro atoms. The van der Waals surface area contributed by atoms with Crippen LogP contribution < -0.4 is 5.32 Å². The Morgan fingerprint density at radius 2 is 1.54 bits per heavy atom. The van der Waals surface area contributed by atoms with Crippen molar-refractivity contribution in [2.45, 2.75) is 13.5 Å². The molecule has 0 unspecified atom stereocenters. The molecule has 1 amide bonds. The summed E-state index contributed by atoms with van der Waals surface area (Å²) in [5.41, 5.74) is 2.03. The lowest BCUT2D eigenvalue weighted by Crippen LogP contribution is -2.21. The lowest BCUT2D eigenvalue weighted by atomic mass is 10.1. The summed E-state index contributed by atoms with van der Waals surface area (Å²) in [5, 5.41) is 11.5. The molecule has 0 aliphatic carbocycles. The molecule has 0 aliphatic heterocycles. The van der Waals surface area contributed by atoms with E-state index < -0.39 is 18.5 Å². The summed E-state index contributed by atoms with van der Waals surface area (Å²) >= 11 is 0. The van der Waals surface area contributed by atoms with Crippen LogP contribution in [0.2, 0.25) is 0 Å². The van der Waals surface area contributed by atoms with Gasteiger partial charge in [0.2, 0.25) is 0 Å². The van der Waals surface area contributed by atoms with Crippen molar-refractivity contribution in [1.29, 1.82) is 0 Å². The van der Waals surface area contributed by atoms with Gasteiger partial charge < -0.3 is 15.2 Å². The molecule has 0 atom stereocenters. The fourth-order valence-electron chi connectivity index (χ4n) is 1.95. The summed E-state index contributed by atoms with van der Waals surface area (Å²) in [6.07, 6.45) is 0. The Morgan fingerprint density at radius 1 is 0.958 bits per heavy atom. The average Bonchev–Trinajstić information content (AvgIpc) is 2.60. The van der Waals surface area contributed by atoms with Gasteiger partial charge in [-0.1, -0.05) is 12.1 Å². The molecule has 2 rings (SSSR count). The number of ether oxygens (including phenoxy) is 1. The minimum Gasteiger partial charge on any atom is -0.452 e. The van der Waals surface area contributed by atoms with Crippen molar-refractivity contribution in [3.63, 3.8) is 0 Å². The van der Waals surface area contributed by atoms with Crippen LogP contribution in [0.4, 0.5) is 5.69 Å². The van der Waals surface area contributed by atoms with Crippen molar-refractivity contribution in [3.8, 4) is 0 Å². The number of aliphatic hydroxyl groups is 1. The second kappa shape index (κ2) is 8.03. The molecule has 2 aromatic rings. The normalized spacial score (nSPS) is 10.1. The predicted molar refractivity (Wildman–Crippen MR) is 87.7 cm³/mol. The van der Waals surface area contributed by atoms with Crippen molar-refractivity contribution in [1.82, 2.24) is 0 Å². The maximum Gasteiger partial charge on any atom is 0.338 e. The van der Waals surface area contributed by atoms with Crippen LogP contribution in [-0.4, -0.2) is 29.4 Å². The first-order chi connectivity index (χ1) is 11.5. The summed E-state index contributed by atoms with van der Waals surface area (Å²) < 4.78 is 4.93. The number of hydrogen-bond donors (Lipinski definition) is 2. The number of nitrogens with one attached hydrogen (secondary N) is 1. The zero-order valence-corrected chi connectivity index (χ0v) is 13.1. The number of carbonyl (C=O) groups is 3. The third-order valence-electron chi connectivity index (χ3n) is 3.28. The fraction of sp³-hybridized carbons (Fsp3) is 0.167. The average molecular weight is 327 g/mol. The SMILES string of the molecule is CC(=O)c1ccc(NC(=O)COC(=O)c2ccc(CO)cc2)cc1. The quantitative estimate of drug-likeness (QED) is 0.626. The highest BCUT2D eigenvalue weighted by Crippen LogP contribution is 2.10. The molecule has 0 heterocycles. The Balaban J connectivity index is 1.85. The van der Waals surface area contributed by atoms with E-state index in [1.165, 1.54) is 19.1 Å². The van der Waals surface area contributed by atoms with Gasteiger partial charge in [0, 0.05) is 11.3 Å². The summed E-state index contributed by atoms with van der Waals surface area (Å²) in [7, 11) is 0. The molecule has 2 aromatic carbocycles. The first-order valence-corrected chi connectivity index (χ1v) is 7.27. The van der Waals surface area contributed by atoms with Crippen LogP contribution >= 0.6 is 0 Å². The Hall–Kier alpha value is -2.99. The second-order valence-electron chi connectivity index (χ2n) is 5.11. The van der Waals surface area contributed by atoms with Gasteiger partial charge in [-0.05, 0) is 48.9 Å². The van der Waals surface area contributed by atoms with E-state index in [2.05, 4.69) is 5.32 Å². The third kappa shape index (κ3) is 4.76. The van der Waals surface area contributed by atoms with Crippen molar-refractivity contribution in [3.05, 3.63) is 65.2 Å². The fourth-order valence-corrected chi connectivity index (χ4v) is 1.95. The molecule has 0 radical (unpaired) electrons. The first-order valence-electron chi connectivity index (χ1n) is 7.27. The van der Waals surface area contributed by atoms with Crippen LogP contribution in [0.3, 0.4) is 0 Å². The maximum absolute atomic E-state index is 11.8. The Bertz CT molecular complexity index is 735. The van der Waals surface area contributed by atoms with Gasteiger partial charge in [-0.3, -0.25) is 9.59 Å². The maximum atomic E-state index is 11.8. The van der Waals surface area contributed by atoms with Crippen molar-refractivity contribution >= 4 is 23.3 Å². The van der Waals surface area contributed by atoms with Gasteiger partial charge in [-0.2, -0.15) is 0 Å². The number of aliphatic hydroxyl groups excluding tert-OH is 1. The predicted octanol–water partition coefficient (Wildman–Crippen LogP) is 2.18. The molecule has 6 nitrogen and oxygen atoms in total. The highest BCUT2D eigenvalue weighted by Gasteiger charge is 2.10. The number of Topliss-reactive ketones (excluding diaryl/α,β-unsaturated/α-hetero) is 1. The molecule has 0 saturated carbocycles. The van der Waals surface area contributed by atoms with Gasteiger partial charge in [0.15, 0.2) is 12.4 Å². The van der Waals surface area contributed by atoms with E-state index in [0.717, 1.165) is 0 Å². The van der Waals surface area contributed by atoms with Crippen LogP contribution in [-0.2, 0) is 16.1 Å². The van der Waals surface area contributed by atoms with Crippen molar-refractivity contribution < 1.29 is 24.2 Å². The molecule has 2 N–H and O–H groups in total. The van der Waals surface area contributed by atoms with Gasteiger partial charge in [-0.25, -0.2) is 4.79 Å². The van der Waals surface area contributed by atoms with Gasteiger partial charge in [0.05, 0.1) is 12.2 Å². The van der Waals surface area contributed by atoms with E-state index in [9.17, 15) is 14.4 Å². The molecular weight excluding hydrogens is 310 g/mol. The summed E-state index contributed by atoms with van der Waals surface area (Å²) in [6.45, 7) is 0.926. The third-order valence-corrected chi connectivity index (χ3v) is 3.28. The molecule has 124 valence electrons. The number of benzene rings is 2. The van der Waals surface area contributed by atoms with E-state index in [4.69, 9.17) is 9.84 Å². The monoisotopic (exact) mass is 327 g/mol. The van der Waals surface area contributed by atoms with Crippen LogP contribution in [0.5, 0.6) is 0 Å². The van der Waals surface area contributed by atoms with Crippen molar-refractivity contribution in [2.75, 3.05) is 11.9 Å². The molecular formula is C18H17NO5. The molecule has 0 bridgehead atoms. The largest absolute Gasteiger partial charge is 0.452 e. The van der Waals surface area contributed by atoms with Gasteiger partial charge in [0.25, 0.3) is 5.91 Å². The molecule has 0 fully saturated rings. The lowest BCUT2D eigenvalue weighted by Gasteiger charge is -2.07. The first kappa shape index (κ1) is 17.4. The van der Waals surface area contributed by atoms with Crippen LogP contribution in [0, 0.1) is 0 Å². The van der Waals surface area contributed by atoms with Gasteiger partial charge in [0.1, 0.15) is 0 Å². The van der Waals surface area contributed by atoms with Gasteiger partial charge in [-0.15, -0.1) is 0 Å². The number of anilines is 1. The van der Waals surface area contributed by atoms with Crippen LogP contribution in [0.1, 0.15) is 33.2 Å². The molecule has 0 aliphatic rings. The molecule has 24 heavy (non-hydrogen) atoms. The smallest absolute Gasteiger partial charge is 0.338 e. The lowest BCUT2D eigenvalue weighted by molar-refractivity contribution is -0.119. The Kier molecular flexibility index (Phi) is 5.81. The highest BCUT2D eigenvalue weighted by molar-refractivity contribution is 5.97. The molecule has 0 saturated heterocycles. The number of amides is 1. The zero-order valence-electron chi connectivity index (χ0n) is 13.1. The molecule has 0 aromatic heterocycles. The van der Waals surface area contributed by atoms with E-state index >= 15 is 0 Å². The number of carbonyl (C=O) groups excluding carboxylic acids is 3. The Labute approximate surface area is 139 Å². The summed E-state index contributed by atoms with van der Waals surface area (Å²) in [4.78, 5) is 34.8. The number of esters is 1. The highest BCUT2D eigenvalue weighted by atomic mass is 16.5. The van der Waals surface area contributed by atoms with E-state index in [0.29, 0.717) is 22.4 Å². The van der Waals surface area contributed by atoms with Crippen LogP contribution in [0.25, 0.3) is 0 Å². The number of hydrogen-bond acceptors (Lipinski definition) is 5. The minimum absolute atomic E-state index is 0.0611. The minimum atomic E-state index is -0.624. The summed E-state index contributed by atoms with van der Waals surface area (Å²) in [5.74, 6) is -1.17. The zero-order chi connectivity index (χ0) is 17.5. The molecule has 6 heteroatoms. The summed E-state index contributed by atoms with van der Waals surface area (Å²) in [6, 6.07) is 12.7. The Morgan fingerprint density at radius 3 is 2.08 bits per heavy atom. The van der Waals surface area contributed by atoms with E-state index in [1.54, 1.807) is 36.4 Å². The topological polar surface area (TPSA) is 92.7 Å². The van der Waals surface area contributed by atoms with E-state index in [-0.39, 0.29) is 12.4 Å². The van der Waals surface area contributed by atoms with E-state index in [1.807, 2.05) is 0 Å². The van der Waals surface area contributed by atoms with Gasteiger partial charge >= 0.3 is 5.97 Å². The standard InChI is InChI=1S/C18H17NO5/c1-12(21)14-6-8-16(9-7-14)19-17(22)11-24-18(23)15-4-2-13(10-20)3-5-15/h2-9,20H,10-11H2,1H3,(H,19,22). The second-order valence-corrected chi connectivity index (χ2v) is 5.11. The number of rotatable bonds is 6.